The summed E-state index contributed by atoms with van der Waals surface area (Å²) in [6, 6.07) is 1.32. The van der Waals surface area contributed by atoms with Crippen LogP contribution in [0.5, 0.6) is 0 Å². The maximum absolute atomic E-state index is 12.7. The van der Waals surface area contributed by atoms with Crippen LogP contribution in [0.3, 0.4) is 0 Å². The molecule has 130 valence electrons. The Labute approximate surface area is 145 Å². The van der Waals surface area contributed by atoms with Gasteiger partial charge in [-0.15, -0.1) is 11.3 Å². The Bertz CT molecular complexity index is 677. The van der Waals surface area contributed by atoms with Crippen molar-refractivity contribution in [1.82, 2.24) is 15.8 Å². The van der Waals surface area contributed by atoms with E-state index in [9.17, 15) is 14.4 Å². The fourth-order valence-corrected chi connectivity index (χ4v) is 4.48. The Balaban J connectivity index is 1.73. The highest BCUT2D eigenvalue weighted by molar-refractivity contribution is 7.14. The molecule has 1 aromatic heterocycles. The molecule has 1 aromatic rings. The number of carbonyl (C=O) groups excluding carboxylic acids is 3. The summed E-state index contributed by atoms with van der Waals surface area (Å²) in [6.07, 6.45) is 6.12. The quantitative estimate of drug-likeness (QED) is 0.821. The van der Waals surface area contributed by atoms with Gasteiger partial charge < -0.3 is 5.32 Å². The Morgan fingerprint density at radius 1 is 1.33 bits per heavy atom. The molecule has 0 atom stereocenters. The standard InChI is InChI=1S/C17H23N3O3S/c1-3-7-12-10-13(24-11(12)2)14(21)19-20-15(22)17(18-16(20)23)8-5-4-6-9-17/h10H,3-9H2,1-2H3,(H,18,23)(H,19,21). The largest absolute Gasteiger partial charge is 0.344 e. The van der Waals surface area contributed by atoms with Gasteiger partial charge in [-0.2, -0.15) is 5.01 Å². The van der Waals surface area contributed by atoms with E-state index in [2.05, 4.69) is 17.7 Å². The van der Waals surface area contributed by atoms with Crippen molar-refractivity contribution in [3.63, 3.8) is 0 Å². The number of imide groups is 1. The van der Waals surface area contributed by atoms with Crippen LogP contribution in [-0.4, -0.2) is 28.4 Å². The Kier molecular flexibility index (Phi) is 4.62. The average Bonchev–Trinajstić information content (AvgIpc) is 3.03. The normalized spacial score (nSPS) is 19.7. The number of nitrogens with zero attached hydrogens (tertiary/aromatic N) is 1. The predicted octanol–water partition coefficient (Wildman–Crippen LogP) is 2.91. The second-order valence-electron chi connectivity index (χ2n) is 6.60. The van der Waals surface area contributed by atoms with Gasteiger partial charge in [-0.25, -0.2) is 4.79 Å². The Hall–Kier alpha value is -1.89. The van der Waals surface area contributed by atoms with Gasteiger partial charge in [-0.1, -0.05) is 32.6 Å². The molecule has 1 spiro atoms. The SMILES string of the molecule is CCCc1cc(C(=O)NN2C(=O)NC3(CCCCC3)C2=O)sc1C. The second kappa shape index (κ2) is 6.55. The number of amides is 4. The van der Waals surface area contributed by atoms with E-state index in [1.807, 2.05) is 13.0 Å². The van der Waals surface area contributed by atoms with Crippen molar-refractivity contribution < 1.29 is 14.4 Å². The molecule has 2 heterocycles. The Morgan fingerprint density at radius 2 is 2.04 bits per heavy atom. The molecule has 1 saturated heterocycles. The molecular weight excluding hydrogens is 326 g/mol. The molecule has 0 radical (unpaired) electrons. The van der Waals surface area contributed by atoms with Crippen LogP contribution >= 0.6 is 11.3 Å². The molecule has 7 heteroatoms. The smallest absolute Gasteiger partial charge is 0.322 e. The van der Waals surface area contributed by atoms with E-state index in [1.54, 1.807) is 0 Å². The van der Waals surface area contributed by atoms with Crippen LogP contribution < -0.4 is 10.7 Å². The van der Waals surface area contributed by atoms with Crippen molar-refractivity contribution in [3.8, 4) is 0 Å². The zero-order chi connectivity index (χ0) is 17.3. The van der Waals surface area contributed by atoms with Crippen LogP contribution in [0.1, 0.15) is 65.6 Å². The summed E-state index contributed by atoms with van der Waals surface area (Å²) in [5, 5.41) is 3.65. The van der Waals surface area contributed by atoms with Crippen molar-refractivity contribution in [2.75, 3.05) is 0 Å². The number of hydrazine groups is 1. The van der Waals surface area contributed by atoms with E-state index >= 15 is 0 Å². The van der Waals surface area contributed by atoms with Crippen molar-refractivity contribution in [2.24, 2.45) is 0 Å². The lowest BCUT2D eigenvalue weighted by molar-refractivity contribution is -0.134. The van der Waals surface area contributed by atoms with Gasteiger partial charge in [0.15, 0.2) is 0 Å². The average molecular weight is 349 g/mol. The fourth-order valence-electron chi connectivity index (χ4n) is 3.52. The maximum atomic E-state index is 12.7. The van der Waals surface area contributed by atoms with Gasteiger partial charge in [0.25, 0.3) is 11.8 Å². The zero-order valence-electron chi connectivity index (χ0n) is 14.1. The summed E-state index contributed by atoms with van der Waals surface area (Å²) in [7, 11) is 0. The highest BCUT2D eigenvalue weighted by atomic mass is 32.1. The molecule has 2 fully saturated rings. The number of thiophene rings is 1. The number of hydrogen-bond acceptors (Lipinski definition) is 4. The van der Waals surface area contributed by atoms with Gasteiger partial charge in [0.2, 0.25) is 0 Å². The Morgan fingerprint density at radius 3 is 2.71 bits per heavy atom. The van der Waals surface area contributed by atoms with Gasteiger partial charge in [0.1, 0.15) is 5.54 Å². The molecule has 0 unspecified atom stereocenters. The first-order chi connectivity index (χ1) is 11.5. The molecule has 2 aliphatic rings. The number of urea groups is 1. The molecule has 3 rings (SSSR count). The minimum atomic E-state index is -0.818. The summed E-state index contributed by atoms with van der Waals surface area (Å²) in [5.41, 5.74) is 2.82. The number of nitrogens with one attached hydrogen (secondary N) is 2. The second-order valence-corrected chi connectivity index (χ2v) is 7.85. The summed E-state index contributed by atoms with van der Waals surface area (Å²) in [5.74, 6) is -0.732. The molecule has 1 aliphatic heterocycles. The molecule has 4 amide bonds. The molecule has 0 bridgehead atoms. The first-order valence-corrected chi connectivity index (χ1v) is 9.35. The number of aryl methyl sites for hydroxylation is 2. The van der Waals surface area contributed by atoms with E-state index in [1.165, 1.54) is 11.3 Å². The maximum Gasteiger partial charge on any atom is 0.344 e. The van der Waals surface area contributed by atoms with Crippen LogP contribution in [0.25, 0.3) is 0 Å². The lowest BCUT2D eigenvalue weighted by Gasteiger charge is -2.30. The molecule has 1 aliphatic carbocycles. The molecule has 1 saturated carbocycles. The lowest BCUT2D eigenvalue weighted by atomic mass is 9.82. The first kappa shape index (κ1) is 17.0. The lowest BCUT2D eigenvalue weighted by Crippen LogP contribution is -2.50. The van der Waals surface area contributed by atoms with Gasteiger partial charge in [-0.05, 0) is 37.8 Å². The highest BCUT2D eigenvalue weighted by Crippen LogP contribution is 2.33. The molecular formula is C17H23N3O3S. The minimum Gasteiger partial charge on any atom is -0.322 e. The molecule has 24 heavy (non-hydrogen) atoms. The van der Waals surface area contributed by atoms with Crippen LogP contribution in [0, 0.1) is 6.92 Å². The van der Waals surface area contributed by atoms with E-state index in [4.69, 9.17) is 0 Å². The third kappa shape index (κ3) is 2.92. The monoisotopic (exact) mass is 349 g/mol. The van der Waals surface area contributed by atoms with Crippen molar-refractivity contribution in [1.29, 1.82) is 0 Å². The number of rotatable bonds is 4. The van der Waals surface area contributed by atoms with E-state index in [0.717, 1.165) is 47.6 Å². The van der Waals surface area contributed by atoms with Crippen molar-refractivity contribution in [3.05, 3.63) is 21.4 Å². The highest BCUT2D eigenvalue weighted by Gasteiger charge is 2.52. The molecule has 2 N–H and O–H groups in total. The van der Waals surface area contributed by atoms with Crippen LogP contribution in [0.2, 0.25) is 0 Å². The predicted molar refractivity (Wildman–Crippen MR) is 91.7 cm³/mol. The van der Waals surface area contributed by atoms with Crippen molar-refractivity contribution in [2.45, 2.75) is 64.3 Å². The summed E-state index contributed by atoms with van der Waals surface area (Å²) in [6.45, 7) is 4.07. The van der Waals surface area contributed by atoms with Gasteiger partial charge in [0, 0.05) is 4.88 Å². The van der Waals surface area contributed by atoms with E-state index in [0.29, 0.717) is 17.7 Å². The van der Waals surface area contributed by atoms with Crippen LogP contribution in [-0.2, 0) is 11.2 Å². The number of carbonyl (C=O) groups is 3. The fraction of sp³-hybridized carbons (Fsp3) is 0.588. The first-order valence-electron chi connectivity index (χ1n) is 8.54. The van der Waals surface area contributed by atoms with Crippen LogP contribution in [0.15, 0.2) is 6.07 Å². The van der Waals surface area contributed by atoms with Gasteiger partial charge >= 0.3 is 6.03 Å². The van der Waals surface area contributed by atoms with Crippen LogP contribution in [0.4, 0.5) is 4.79 Å². The van der Waals surface area contributed by atoms with Crippen molar-refractivity contribution >= 4 is 29.2 Å². The summed E-state index contributed by atoms with van der Waals surface area (Å²) >= 11 is 1.39. The summed E-state index contributed by atoms with van der Waals surface area (Å²) < 4.78 is 0. The minimum absolute atomic E-state index is 0.331. The number of hydrogen-bond donors (Lipinski definition) is 2. The molecule has 0 aromatic carbocycles. The third-order valence-electron chi connectivity index (χ3n) is 4.85. The van der Waals surface area contributed by atoms with Gasteiger partial charge in [0.05, 0.1) is 4.88 Å². The van der Waals surface area contributed by atoms with E-state index in [-0.39, 0.29) is 5.91 Å². The van der Waals surface area contributed by atoms with E-state index < -0.39 is 17.5 Å². The van der Waals surface area contributed by atoms with Gasteiger partial charge in [-0.3, -0.25) is 15.0 Å². The topological polar surface area (TPSA) is 78.5 Å². The zero-order valence-corrected chi connectivity index (χ0v) is 14.9. The summed E-state index contributed by atoms with van der Waals surface area (Å²) in [4.78, 5) is 38.9. The third-order valence-corrected chi connectivity index (χ3v) is 5.94. The molecule has 6 nitrogen and oxygen atoms in total.